The highest BCUT2D eigenvalue weighted by atomic mass is 35.5. The van der Waals surface area contributed by atoms with E-state index in [0.29, 0.717) is 18.1 Å². The lowest BCUT2D eigenvalue weighted by Crippen LogP contribution is -2.13. The lowest BCUT2D eigenvalue weighted by atomic mass is 10.2. The van der Waals surface area contributed by atoms with E-state index in [1.165, 1.54) is 0 Å². The van der Waals surface area contributed by atoms with E-state index in [9.17, 15) is 5.11 Å². The van der Waals surface area contributed by atoms with Crippen molar-refractivity contribution in [1.29, 1.82) is 0 Å². The maximum Gasteiger partial charge on any atom is 0.120 e. The number of benzene rings is 1. The number of phenolic OH excluding ortho intramolecular Hbond substituents is 1. The molecule has 88 valence electrons. The molecular weight excluding hydrogens is 236 g/mol. The van der Waals surface area contributed by atoms with Crippen molar-refractivity contribution in [3.05, 3.63) is 58.9 Å². The molecule has 0 spiro atoms. The first-order valence-electron chi connectivity index (χ1n) is 5.34. The molecule has 0 aliphatic carbocycles. The van der Waals surface area contributed by atoms with Gasteiger partial charge in [-0.1, -0.05) is 17.7 Å². The summed E-state index contributed by atoms with van der Waals surface area (Å²) in [4.78, 5) is 4.20. The summed E-state index contributed by atoms with van der Waals surface area (Å²) >= 11 is 5.86. The lowest BCUT2D eigenvalue weighted by Gasteiger charge is -2.06. The van der Waals surface area contributed by atoms with Crippen molar-refractivity contribution in [3.63, 3.8) is 0 Å². The molecule has 0 atom stereocenters. The van der Waals surface area contributed by atoms with Gasteiger partial charge in [0.05, 0.1) is 5.69 Å². The molecule has 2 rings (SSSR count). The molecule has 1 heterocycles. The van der Waals surface area contributed by atoms with Crippen LogP contribution < -0.4 is 5.32 Å². The highest BCUT2D eigenvalue weighted by Crippen LogP contribution is 2.21. The summed E-state index contributed by atoms with van der Waals surface area (Å²) < 4.78 is 0. The molecule has 0 radical (unpaired) electrons. The van der Waals surface area contributed by atoms with Crippen LogP contribution >= 0.6 is 11.6 Å². The first-order valence-corrected chi connectivity index (χ1v) is 5.71. The van der Waals surface area contributed by atoms with E-state index < -0.39 is 0 Å². The van der Waals surface area contributed by atoms with Gasteiger partial charge < -0.3 is 10.4 Å². The van der Waals surface area contributed by atoms with Crippen LogP contribution in [0.5, 0.6) is 5.75 Å². The summed E-state index contributed by atoms with van der Waals surface area (Å²) in [6.45, 7) is 1.22. The highest BCUT2D eigenvalue weighted by Gasteiger charge is 2.01. The van der Waals surface area contributed by atoms with Crippen molar-refractivity contribution in [2.75, 3.05) is 0 Å². The van der Waals surface area contributed by atoms with Gasteiger partial charge in [-0.05, 0) is 30.3 Å². The number of halogens is 1. The number of aromatic nitrogens is 1. The molecule has 2 N–H and O–H groups in total. The van der Waals surface area contributed by atoms with E-state index in [0.717, 1.165) is 11.3 Å². The van der Waals surface area contributed by atoms with E-state index in [2.05, 4.69) is 10.3 Å². The Morgan fingerprint density at radius 1 is 1.18 bits per heavy atom. The van der Waals surface area contributed by atoms with E-state index in [1.54, 1.807) is 24.4 Å². The van der Waals surface area contributed by atoms with Gasteiger partial charge in [-0.15, -0.1) is 0 Å². The number of hydrogen-bond donors (Lipinski definition) is 2. The minimum Gasteiger partial charge on any atom is -0.508 e. The number of nitrogens with one attached hydrogen (secondary N) is 1. The van der Waals surface area contributed by atoms with Crippen LogP contribution in [0.25, 0.3) is 0 Å². The second-order valence-electron chi connectivity index (χ2n) is 3.70. The molecule has 4 heteroatoms. The fourth-order valence-corrected chi connectivity index (χ4v) is 1.72. The minimum atomic E-state index is 0.253. The average molecular weight is 249 g/mol. The van der Waals surface area contributed by atoms with Gasteiger partial charge in [-0.25, -0.2) is 0 Å². The molecule has 17 heavy (non-hydrogen) atoms. The highest BCUT2D eigenvalue weighted by molar-refractivity contribution is 6.30. The molecule has 0 aliphatic heterocycles. The van der Waals surface area contributed by atoms with Crippen molar-refractivity contribution in [2.24, 2.45) is 0 Å². The van der Waals surface area contributed by atoms with Crippen molar-refractivity contribution in [2.45, 2.75) is 13.1 Å². The van der Waals surface area contributed by atoms with Crippen LogP contribution in [0.3, 0.4) is 0 Å². The number of phenols is 1. The monoisotopic (exact) mass is 248 g/mol. The molecule has 0 aliphatic rings. The maximum atomic E-state index is 9.62. The summed E-state index contributed by atoms with van der Waals surface area (Å²) in [6, 6.07) is 10.8. The van der Waals surface area contributed by atoms with Gasteiger partial charge in [0.15, 0.2) is 0 Å². The van der Waals surface area contributed by atoms with Gasteiger partial charge >= 0.3 is 0 Å². The predicted molar refractivity (Wildman–Crippen MR) is 67.9 cm³/mol. The summed E-state index contributed by atoms with van der Waals surface area (Å²) in [7, 11) is 0. The summed E-state index contributed by atoms with van der Waals surface area (Å²) in [5.41, 5.74) is 1.75. The topological polar surface area (TPSA) is 45.1 Å². The quantitative estimate of drug-likeness (QED) is 0.875. The molecule has 0 unspecified atom stereocenters. The number of nitrogens with zero attached hydrogens (tertiary/aromatic N) is 1. The van der Waals surface area contributed by atoms with Crippen LogP contribution in [0.4, 0.5) is 0 Å². The van der Waals surface area contributed by atoms with Crippen molar-refractivity contribution in [1.82, 2.24) is 10.3 Å². The molecule has 3 nitrogen and oxygen atoms in total. The van der Waals surface area contributed by atoms with Gasteiger partial charge in [-0.2, -0.15) is 0 Å². The van der Waals surface area contributed by atoms with Gasteiger partial charge in [-0.3, -0.25) is 4.98 Å². The summed E-state index contributed by atoms with van der Waals surface area (Å²) in [6.07, 6.45) is 1.76. The van der Waals surface area contributed by atoms with Crippen molar-refractivity contribution >= 4 is 11.6 Å². The Morgan fingerprint density at radius 2 is 2.06 bits per heavy atom. The van der Waals surface area contributed by atoms with Gasteiger partial charge in [0.2, 0.25) is 0 Å². The zero-order chi connectivity index (χ0) is 12.1. The van der Waals surface area contributed by atoms with Crippen LogP contribution in [-0.2, 0) is 13.1 Å². The van der Waals surface area contributed by atoms with Gasteiger partial charge in [0.25, 0.3) is 0 Å². The summed E-state index contributed by atoms with van der Waals surface area (Å²) in [5, 5.41) is 13.4. The second kappa shape index (κ2) is 5.66. The van der Waals surface area contributed by atoms with Crippen LogP contribution in [0, 0.1) is 0 Å². The Bertz CT molecular complexity index is 488. The Hall–Kier alpha value is -1.58. The zero-order valence-electron chi connectivity index (χ0n) is 9.23. The van der Waals surface area contributed by atoms with E-state index >= 15 is 0 Å². The maximum absolute atomic E-state index is 9.62. The van der Waals surface area contributed by atoms with Gasteiger partial charge in [0.1, 0.15) is 5.75 Å². The first-order chi connectivity index (χ1) is 8.25. The lowest BCUT2D eigenvalue weighted by molar-refractivity contribution is 0.464. The van der Waals surface area contributed by atoms with Crippen LogP contribution in [-0.4, -0.2) is 10.1 Å². The zero-order valence-corrected chi connectivity index (χ0v) is 9.98. The first kappa shape index (κ1) is 11.9. The molecule has 1 aromatic carbocycles. The predicted octanol–water partition coefficient (Wildman–Crippen LogP) is 2.73. The molecule has 0 amide bonds. The molecule has 0 saturated heterocycles. The Kier molecular flexibility index (Phi) is 3.96. The van der Waals surface area contributed by atoms with Gasteiger partial charge in [0, 0.05) is 29.9 Å². The van der Waals surface area contributed by atoms with Crippen molar-refractivity contribution in [3.8, 4) is 5.75 Å². The van der Waals surface area contributed by atoms with Crippen molar-refractivity contribution < 1.29 is 5.11 Å². The van der Waals surface area contributed by atoms with E-state index in [1.807, 2.05) is 18.2 Å². The van der Waals surface area contributed by atoms with Crippen LogP contribution in [0.1, 0.15) is 11.3 Å². The molecule has 0 fully saturated rings. The molecule has 0 bridgehead atoms. The third-order valence-electron chi connectivity index (χ3n) is 2.39. The molecule has 1 aromatic heterocycles. The molecule has 0 saturated carbocycles. The van der Waals surface area contributed by atoms with E-state index in [4.69, 9.17) is 11.6 Å². The summed E-state index contributed by atoms with van der Waals surface area (Å²) in [5.74, 6) is 0.253. The SMILES string of the molecule is Oc1ccc(Cl)cc1CNCc1ccccn1. The fraction of sp³-hybridized carbons (Fsp3) is 0.154. The Labute approximate surface area is 105 Å². The average Bonchev–Trinajstić information content (AvgIpc) is 2.35. The number of rotatable bonds is 4. The van der Waals surface area contributed by atoms with Crippen LogP contribution in [0.2, 0.25) is 5.02 Å². The normalized spacial score (nSPS) is 10.4. The van der Waals surface area contributed by atoms with E-state index in [-0.39, 0.29) is 5.75 Å². The molecular formula is C13H13ClN2O. The minimum absolute atomic E-state index is 0.253. The largest absolute Gasteiger partial charge is 0.508 e. The standard InChI is InChI=1S/C13H13ClN2O/c14-11-4-5-13(17)10(7-11)8-15-9-12-3-1-2-6-16-12/h1-7,15,17H,8-9H2. The second-order valence-corrected chi connectivity index (χ2v) is 4.13. The molecule has 2 aromatic rings. The fourth-order valence-electron chi connectivity index (χ4n) is 1.52. The third-order valence-corrected chi connectivity index (χ3v) is 2.62. The Morgan fingerprint density at radius 3 is 2.82 bits per heavy atom. The van der Waals surface area contributed by atoms with Crippen LogP contribution in [0.15, 0.2) is 42.6 Å². The third kappa shape index (κ3) is 3.44. The Balaban J connectivity index is 1.92. The smallest absolute Gasteiger partial charge is 0.120 e. The number of hydrogen-bond acceptors (Lipinski definition) is 3. The number of pyridine rings is 1. The number of aromatic hydroxyl groups is 1.